The number of aryl methyl sites for hydroxylation is 1. The van der Waals surface area contributed by atoms with Gasteiger partial charge in [0.25, 0.3) is 0 Å². The molecule has 0 radical (unpaired) electrons. The molecule has 0 saturated carbocycles. The molecule has 1 unspecified atom stereocenters. The van der Waals surface area contributed by atoms with Crippen molar-refractivity contribution in [2.75, 3.05) is 31.1 Å². The number of guanidine groups is 1. The molecule has 1 aromatic rings. The third-order valence-electron chi connectivity index (χ3n) is 4.06. The van der Waals surface area contributed by atoms with Crippen molar-refractivity contribution < 1.29 is 9.53 Å². The first-order valence-electron chi connectivity index (χ1n) is 9.35. The van der Waals surface area contributed by atoms with E-state index in [-0.39, 0.29) is 12.5 Å². The summed E-state index contributed by atoms with van der Waals surface area (Å²) in [5.41, 5.74) is 2.03. The van der Waals surface area contributed by atoms with Crippen molar-refractivity contribution in [2.45, 2.75) is 52.7 Å². The number of ether oxygens (including phenoxy) is 1. The molecule has 2 N–H and O–H groups in total. The summed E-state index contributed by atoms with van der Waals surface area (Å²) >= 11 is 0. The normalized spacial score (nSPS) is 18.0. The van der Waals surface area contributed by atoms with Gasteiger partial charge in [-0.1, -0.05) is 17.7 Å². The van der Waals surface area contributed by atoms with Gasteiger partial charge in [0.2, 0.25) is 0 Å². The van der Waals surface area contributed by atoms with E-state index < -0.39 is 5.60 Å². The highest BCUT2D eigenvalue weighted by Gasteiger charge is 2.23. The molecule has 2 rings (SSSR count). The van der Waals surface area contributed by atoms with Crippen LogP contribution in [0.25, 0.3) is 0 Å². The Morgan fingerprint density at radius 2 is 2.00 bits per heavy atom. The van der Waals surface area contributed by atoms with Crippen molar-refractivity contribution in [1.29, 1.82) is 0 Å². The van der Waals surface area contributed by atoms with Crippen LogP contribution in [0.5, 0.6) is 0 Å². The van der Waals surface area contributed by atoms with Gasteiger partial charge >= 0.3 is 5.97 Å². The standard InChI is InChI=1S/C20H32N4O2/c1-6-21-19(22-13-18(25)26-20(3,4)5)23-16-11-12-24(14-16)17-9-7-15(2)8-10-17/h7-10,16H,6,11-14H2,1-5H3,(H2,21,22,23). The van der Waals surface area contributed by atoms with Crippen molar-refractivity contribution in [1.82, 2.24) is 10.6 Å². The fourth-order valence-electron chi connectivity index (χ4n) is 2.90. The van der Waals surface area contributed by atoms with Crippen LogP contribution in [-0.2, 0) is 9.53 Å². The Morgan fingerprint density at radius 1 is 1.31 bits per heavy atom. The van der Waals surface area contributed by atoms with Gasteiger partial charge in [0.05, 0.1) is 0 Å². The van der Waals surface area contributed by atoms with E-state index in [1.54, 1.807) is 0 Å². The van der Waals surface area contributed by atoms with Gasteiger partial charge in [-0.3, -0.25) is 4.79 Å². The molecule has 1 atom stereocenters. The van der Waals surface area contributed by atoms with E-state index in [1.807, 2.05) is 27.7 Å². The van der Waals surface area contributed by atoms with Crippen molar-refractivity contribution >= 4 is 17.6 Å². The van der Waals surface area contributed by atoms with Crippen molar-refractivity contribution in [3.8, 4) is 0 Å². The van der Waals surface area contributed by atoms with E-state index in [1.165, 1.54) is 11.3 Å². The van der Waals surface area contributed by atoms with E-state index in [4.69, 9.17) is 4.74 Å². The summed E-state index contributed by atoms with van der Waals surface area (Å²) in [4.78, 5) is 18.6. The lowest BCUT2D eigenvalue weighted by atomic mass is 10.2. The molecule has 1 heterocycles. The number of nitrogens with one attached hydrogen (secondary N) is 2. The highest BCUT2D eigenvalue weighted by atomic mass is 16.6. The third-order valence-corrected chi connectivity index (χ3v) is 4.06. The molecule has 26 heavy (non-hydrogen) atoms. The second kappa shape index (κ2) is 8.92. The van der Waals surface area contributed by atoms with E-state index in [9.17, 15) is 4.79 Å². The Kier molecular flexibility index (Phi) is 6.89. The van der Waals surface area contributed by atoms with E-state index >= 15 is 0 Å². The molecule has 1 aromatic carbocycles. The highest BCUT2D eigenvalue weighted by Crippen LogP contribution is 2.20. The van der Waals surface area contributed by atoms with Crippen molar-refractivity contribution in [3.05, 3.63) is 29.8 Å². The minimum atomic E-state index is -0.488. The zero-order valence-corrected chi connectivity index (χ0v) is 16.6. The zero-order chi connectivity index (χ0) is 19.2. The number of esters is 1. The Hall–Kier alpha value is -2.24. The summed E-state index contributed by atoms with van der Waals surface area (Å²) in [5, 5.41) is 6.64. The van der Waals surface area contributed by atoms with Gasteiger partial charge in [0.15, 0.2) is 5.96 Å². The van der Waals surface area contributed by atoms with Crippen LogP contribution in [0.3, 0.4) is 0 Å². The molecule has 6 nitrogen and oxygen atoms in total. The molecular formula is C20H32N4O2. The molecule has 0 spiro atoms. The molecule has 144 valence electrons. The number of carbonyl (C=O) groups is 1. The van der Waals surface area contributed by atoms with Crippen LogP contribution in [0.1, 0.15) is 39.7 Å². The maximum atomic E-state index is 11.9. The van der Waals surface area contributed by atoms with E-state index in [0.29, 0.717) is 12.0 Å². The van der Waals surface area contributed by atoms with Gasteiger partial charge in [-0.2, -0.15) is 0 Å². The smallest absolute Gasteiger partial charge is 0.328 e. The molecule has 1 saturated heterocycles. The van der Waals surface area contributed by atoms with Gasteiger partial charge < -0.3 is 20.3 Å². The first kappa shape index (κ1) is 20.1. The zero-order valence-electron chi connectivity index (χ0n) is 16.6. The van der Waals surface area contributed by atoms with Crippen molar-refractivity contribution in [2.24, 2.45) is 4.99 Å². The summed E-state index contributed by atoms with van der Waals surface area (Å²) in [6.07, 6.45) is 1.03. The van der Waals surface area contributed by atoms with Crippen LogP contribution in [0.2, 0.25) is 0 Å². The summed E-state index contributed by atoms with van der Waals surface area (Å²) in [5.74, 6) is 0.344. The fraction of sp³-hybridized carbons (Fsp3) is 0.600. The molecule has 6 heteroatoms. The van der Waals surface area contributed by atoms with Gasteiger partial charge in [-0.25, -0.2) is 4.99 Å². The van der Waals surface area contributed by atoms with Crippen LogP contribution < -0.4 is 15.5 Å². The molecule has 0 aromatic heterocycles. The molecule has 0 amide bonds. The number of benzene rings is 1. The maximum absolute atomic E-state index is 11.9. The Bertz CT molecular complexity index is 620. The Morgan fingerprint density at radius 3 is 2.62 bits per heavy atom. The SMILES string of the molecule is CCNC(=NCC(=O)OC(C)(C)C)NC1CCN(c2ccc(C)cc2)C1. The number of carbonyl (C=O) groups excluding carboxylic acids is 1. The van der Waals surface area contributed by atoms with E-state index in [2.05, 4.69) is 51.7 Å². The van der Waals surface area contributed by atoms with Crippen LogP contribution >= 0.6 is 0 Å². The van der Waals surface area contributed by atoms with Crippen LogP contribution in [0.15, 0.2) is 29.3 Å². The lowest BCUT2D eigenvalue weighted by molar-refractivity contribution is -0.152. The predicted molar refractivity (Wildman–Crippen MR) is 107 cm³/mol. The number of rotatable bonds is 5. The predicted octanol–water partition coefficient (Wildman–Crippen LogP) is 2.47. The fourth-order valence-corrected chi connectivity index (χ4v) is 2.90. The molecule has 1 aliphatic rings. The quantitative estimate of drug-likeness (QED) is 0.480. The monoisotopic (exact) mass is 360 g/mol. The number of nitrogens with zero attached hydrogens (tertiary/aromatic N) is 2. The highest BCUT2D eigenvalue weighted by molar-refractivity contribution is 5.83. The molecule has 1 fully saturated rings. The molecule has 1 aliphatic heterocycles. The van der Waals surface area contributed by atoms with Gasteiger partial charge in [-0.05, 0) is 53.2 Å². The molecule has 0 bridgehead atoms. The van der Waals surface area contributed by atoms with Gasteiger partial charge in [-0.15, -0.1) is 0 Å². The van der Waals surface area contributed by atoms with Crippen LogP contribution in [0.4, 0.5) is 5.69 Å². The maximum Gasteiger partial charge on any atom is 0.328 e. The van der Waals surface area contributed by atoms with E-state index in [0.717, 1.165) is 26.1 Å². The summed E-state index contributed by atoms with van der Waals surface area (Å²) in [6, 6.07) is 8.91. The Balaban J connectivity index is 1.90. The number of hydrogen-bond donors (Lipinski definition) is 2. The molecule has 0 aliphatic carbocycles. The Labute approximate surface area is 157 Å². The van der Waals surface area contributed by atoms with Crippen LogP contribution in [0, 0.1) is 6.92 Å². The summed E-state index contributed by atoms with van der Waals surface area (Å²) in [7, 11) is 0. The lowest BCUT2D eigenvalue weighted by Crippen LogP contribution is -2.45. The lowest BCUT2D eigenvalue weighted by Gasteiger charge is -2.21. The van der Waals surface area contributed by atoms with Crippen LogP contribution in [-0.4, -0.2) is 49.8 Å². The summed E-state index contributed by atoms with van der Waals surface area (Å²) in [6.45, 7) is 12.4. The molecular weight excluding hydrogens is 328 g/mol. The second-order valence-corrected chi connectivity index (χ2v) is 7.69. The van der Waals surface area contributed by atoms with Crippen molar-refractivity contribution in [3.63, 3.8) is 0 Å². The number of anilines is 1. The topological polar surface area (TPSA) is 66.0 Å². The largest absolute Gasteiger partial charge is 0.459 e. The second-order valence-electron chi connectivity index (χ2n) is 7.69. The minimum Gasteiger partial charge on any atom is -0.459 e. The van der Waals surface area contributed by atoms with Gasteiger partial charge in [0.1, 0.15) is 12.1 Å². The average Bonchev–Trinajstić information content (AvgIpc) is 3.00. The third kappa shape index (κ3) is 6.58. The first-order chi connectivity index (χ1) is 12.3. The number of hydrogen-bond acceptors (Lipinski definition) is 4. The minimum absolute atomic E-state index is 0.0149. The average molecular weight is 361 g/mol. The number of aliphatic imine (C=N–C) groups is 1. The first-order valence-corrected chi connectivity index (χ1v) is 9.35. The van der Waals surface area contributed by atoms with Gasteiger partial charge in [0, 0.05) is 31.4 Å². The summed E-state index contributed by atoms with van der Waals surface area (Å²) < 4.78 is 5.31.